The highest BCUT2D eigenvalue weighted by molar-refractivity contribution is 7.22. The molecule has 0 atom stereocenters. The Morgan fingerprint density at radius 1 is 0.882 bits per heavy atom. The van der Waals surface area contributed by atoms with Crippen molar-refractivity contribution in [1.82, 2.24) is 9.97 Å². The van der Waals surface area contributed by atoms with E-state index in [1.165, 1.54) is 4.90 Å². The van der Waals surface area contributed by atoms with E-state index in [4.69, 9.17) is 23.9 Å². The van der Waals surface area contributed by atoms with E-state index in [0.717, 1.165) is 74.5 Å². The molecule has 3 aromatic heterocycles. The molecule has 1 aliphatic heterocycles. The maximum Gasteiger partial charge on any atom is 0.192 e. The largest absolute Gasteiger partial charge is 0.497 e. The molecule has 0 radical (unpaired) electrons. The second kappa shape index (κ2) is 8.79. The van der Waals surface area contributed by atoms with E-state index in [-0.39, 0.29) is 0 Å². The number of anilines is 2. The van der Waals surface area contributed by atoms with Gasteiger partial charge in [-0.1, -0.05) is 22.7 Å². The van der Waals surface area contributed by atoms with E-state index in [1.54, 1.807) is 43.2 Å². The summed E-state index contributed by atoms with van der Waals surface area (Å²) in [7, 11) is 3.38. The Labute approximate surface area is 204 Å². The number of aromatic nitrogens is 2. The molecule has 5 aromatic rings. The molecule has 0 bridgehead atoms. The van der Waals surface area contributed by atoms with Gasteiger partial charge in [-0.15, -0.1) is 0 Å². The van der Waals surface area contributed by atoms with Gasteiger partial charge < -0.3 is 13.9 Å². The quantitative estimate of drug-likeness (QED) is 0.385. The average molecular weight is 495 g/mol. The lowest BCUT2D eigenvalue weighted by Gasteiger charge is -2.39. The molecule has 174 valence electrons. The second-order valence-corrected chi connectivity index (χ2v) is 10.2. The number of ether oxygens (including phenoxy) is 2. The van der Waals surface area contributed by atoms with Gasteiger partial charge in [-0.3, -0.25) is 14.7 Å². The minimum atomic E-state index is 0.718. The molecule has 34 heavy (non-hydrogen) atoms. The molecule has 1 N–H and O–H groups in total. The SMILES string of the molecule is COc1ccc2nc(N3CN(c4nc5ccc(OC)cc5s4)C[NH+](Cc4ccco4)C3)sc2c1. The molecule has 2 aromatic carbocycles. The van der Waals surface area contributed by atoms with Crippen molar-refractivity contribution in [2.75, 3.05) is 44.0 Å². The number of thiazole rings is 2. The van der Waals surface area contributed by atoms with E-state index < -0.39 is 0 Å². The molecule has 1 saturated heterocycles. The van der Waals surface area contributed by atoms with Gasteiger partial charge in [0.1, 0.15) is 24.7 Å². The molecule has 0 amide bonds. The topological polar surface area (TPSA) is 68.3 Å². The molecule has 0 aliphatic carbocycles. The summed E-state index contributed by atoms with van der Waals surface area (Å²) >= 11 is 3.38. The molecule has 1 aliphatic rings. The summed E-state index contributed by atoms with van der Waals surface area (Å²) in [5.74, 6) is 2.66. The van der Waals surface area contributed by atoms with E-state index >= 15 is 0 Å². The highest BCUT2D eigenvalue weighted by Gasteiger charge is 2.31. The van der Waals surface area contributed by atoms with Crippen molar-refractivity contribution in [3.8, 4) is 11.5 Å². The summed E-state index contributed by atoms with van der Waals surface area (Å²) < 4.78 is 18.7. The second-order valence-electron chi connectivity index (χ2n) is 8.20. The van der Waals surface area contributed by atoms with Crippen LogP contribution >= 0.6 is 22.7 Å². The van der Waals surface area contributed by atoms with Crippen LogP contribution in [0.2, 0.25) is 0 Å². The Hall–Kier alpha value is -3.34. The lowest BCUT2D eigenvalue weighted by molar-refractivity contribution is -0.917. The Balaban J connectivity index is 1.34. The van der Waals surface area contributed by atoms with E-state index in [9.17, 15) is 0 Å². The van der Waals surface area contributed by atoms with Crippen LogP contribution in [0.3, 0.4) is 0 Å². The van der Waals surface area contributed by atoms with E-state index in [2.05, 4.69) is 9.80 Å². The lowest BCUT2D eigenvalue weighted by Crippen LogP contribution is -3.16. The van der Waals surface area contributed by atoms with Crippen molar-refractivity contribution >= 4 is 53.4 Å². The Kier molecular flexibility index (Phi) is 5.48. The van der Waals surface area contributed by atoms with Gasteiger partial charge in [-0.05, 0) is 48.5 Å². The van der Waals surface area contributed by atoms with Gasteiger partial charge in [0.15, 0.2) is 29.4 Å². The fourth-order valence-electron chi connectivity index (χ4n) is 4.23. The number of furan rings is 1. The zero-order valence-corrected chi connectivity index (χ0v) is 20.5. The fourth-order valence-corrected chi connectivity index (χ4v) is 6.20. The van der Waals surface area contributed by atoms with Crippen molar-refractivity contribution in [3.05, 3.63) is 60.6 Å². The highest BCUT2D eigenvalue weighted by atomic mass is 32.1. The first-order valence-electron chi connectivity index (χ1n) is 10.9. The van der Waals surface area contributed by atoms with E-state index in [1.807, 2.05) is 48.5 Å². The van der Waals surface area contributed by atoms with Gasteiger partial charge >= 0.3 is 0 Å². The summed E-state index contributed by atoms with van der Waals surface area (Å²) in [5, 5.41) is 1.99. The molecule has 8 nitrogen and oxygen atoms in total. The first kappa shape index (κ1) is 21.2. The number of hydrogen-bond donors (Lipinski definition) is 1. The number of benzene rings is 2. The molecule has 10 heteroatoms. The number of nitrogens with zero attached hydrogens (tertiary/aromatic N) is 4. The van der Waals surface area contributed by atoms with Gasteiger partial charge in [-0.25, -0.2) is 9.97 Å². The van der Waals surface area contributed by atoms with Crippen LogP contribution < -0.4 is 24.2 Å². The predicted molar refractivity (Wildman–Crippen MR) is 135 cm³/mol. The van der Waals surface area contributed by atoms with Crippen LogP contribution in [0.1, 0.15) is 5.76 Å². The Morgan fingerprint density at radius 2 is 1.47 bits per heavy atom. The summed E-state index contributed by atoms with van der Waals surface area (Å²) in [6.45, 7) is 3.16. The number of quaternary nitrogens is 1. The molecular formula is C24H24N5O3S2+. The van der Waals surface area contributed by atoms with Gasteiger partial charge in [0.2, 0.25) is 0 Å². The number of fused-ring (bicyclic) bond motifs is 2. The Bertz CT molecular complexity index is 1340. The van der Waals surface area contributed by atoms with Crippen molar-refractivity contribution in [2.24, 2.45) is 0 Å². The van der Waals surface area contributed by atoms with Crippen molar-refractivity contribution in [1.29, 1.82) is 0 Å². The van der Waals surface area contributed by atoms with Crippen molar-refractivity contribution in [2.45, 2.75) is 6.54 Å². The van der Waals surface area contributed by atoms with Crippen LogP contribution in [-0.4, -0.2) is 44.2 Å². The number of hydrogen-bond acceptors (Lipinski definition) is 9. The third-order valence-corrected chi connectivity index (χ3v) is 8.04. The van der Waals surface area contributed by atoms with Crippen LogP contribution in [-0.2, 0) is 6.54 Å². The smallest absolute Gasteiger partial charge is 0.192 e. The Morgan fingerprint density at radius 3 is 1.97 bits per heavy atom. The number of methoxy groups -OCH3 is 2. The number of nitrogens with one attached hydrogen (secondary N) is 1. The minimum Gasteiger partial charge on any atom is -0.497 e. The van der Waals surface area contributed by atoms with Crippen LogP contribution in [0.5, 0.6) is 11.5 Å². The van der Waals surface area contributed by atoms with Crippen molar-refractivity contribution < 1.29 is 18.8 Å². The van der Waals surface area contributed by atoms with Gasteiger partial charge in [0.05, 0.1) is 40.9 Å². The first-order chi connectivity index (χ1) is 16.7. The zero-order valence-electron chi connectivity index (χ0n) is 18.9. The summed E-state index contributed by atoms with van der Waals surface area (Å²) in [6.07, 6.45) is 1.73. The molecule has 0 saturated carbocycles. The molecule has 0 spiro atoms. The van der Waals surface area contributed by atoms with Crippen LogP contribution in [0.15, 0.2) is 59.2 Å². The fraction of sp³-hybridized carbons (Fsp3) is 0.250. The molecule has 1 fully saturated rings. The lowest BCUT2D eigenvalue weighted by atomic mass is 10.3. The van der Waals surface area contributed by atoms with Crippen LogP contribution in [0.25, 0.3) is 20.4 Å². The zero-order chi connectivity index (χ0) is 23.1. The molecule has 0 unspecified atom stereocenters. The summed E-state index contributed by atoms with van der Waals surface area (Å²) in [5.41, 5.74) is 1.97. The van der Waals surface area contributed by atoms with Crippen molar-refractivity contribution in [3.63, 3.8) is 0 Å². The van der Waals surface area contributed by atoms with Gasteiger partial charge in [0, 0.05) is 0 Å². The maximum atomic E-state index is 5.65. The normalized spacial score (nSPS) is 14.9. The first-order valence-corrected chi connectivity index (χ1v) is 12.6. The van der Waals surface area contributed by atoms with Gasteiger partial charge in [-0.2, -0.15) is 0 Å². The van der Waals surface area contributed by atoms with E-state index in [0.29, 0.717) is 0 Å². The van der Waals surface area contributed by atoms with Crippen LogP contribution in [0.4, 0.5) is 10.3 Å². The minimum absolute atomic E-state index is 0.718. The third-order valence-electron chi connectivity index (χ3n) is 5.88. The van der Waals surface area contributed by atoms with Crippen LogP contribution in [0, 0.1) is 0 Å². The number of rotatable bonds is 6. The summed E-state index contributed by atoms with van der Waals surface area (Å²) in [6, 6.07) is 16.0. The summed E-state index contributed by atoms with van der Waals surface area (Å²) in [4.78, 5) is 15.9. The third kappa shape index (κ3) is 4.04. The maximum absolute atomic E-state index is 5.65. The standard InChI is InChI=1S/C24H23N5O3S2/c1-30-16-5-7-19-21(10-16)33-23(25-19)28-13-27(12-18-4-3-9-32-18)14-29(15-28)24-26-20-8-6-17(31-2)11-22(20)34-24/h3-11H,12-15H2,1-2H3/p+1. The highest BCUT2D eigenvalue weighted by Crippen LogP contribution is 2.34. The van der Waals surface area contributed by atoms with Gasteiger partial charge in [0.25, 0.3) is 0 Å². The predicted octanol–water partition coefficient (Wildman–Crippen LogP) is 3.80. The monoisotopic (exact) mass is 494 g/mol. The molecule has 6 rings (SSSR count). The molecular weight excluding hydrogens is 470 g/mol. The average Bonchev–Trinajstić information content (AvgIpc) is 3.62. The molecule has 4 heterocycles.